The van der Waals surface area contributed by atoms with Crippen LogP contribution in [0.1, 0.15) is 37.8 Å². The van der Waals surface area contributed by atoms with E-state index >= 15 is 0 Å². The van der Waals surface area contributed by atoms with Gasteiger partial charge in [-0.05, 0) is 32.3 Å². The van der Waals surface area contributed by atoms with Crippen LogP contribution in [0.3, 0.4) is 0 Å². The quantitative estimate of drug-likeness (QED) is 0.456. The molecule has 1 fully saturated rings. The second-order valence-corrected chi connectivity index (χ2v) is 10.2. The van der Waals surface area contributed by atoms with Gasteiger partial charge in [0, 0.05) is 36.1 Å². The molecular weight excluding hydrogens is 420 g/mol. The lowest BCUT2D eigenvalue weighted by Crippen LogP contribution is -2.32. The van der Waals surface area contributed by atoms with Crippen molar-refractivity contribution in [1.29, 1.82) is 0 Å². The van der Waals surface area contributed by atoms with Crippen molar-refractivity contribution in [2.24, 2.45) is 0 Å². The molecular formula is C25H26N4O2S. The molecule has 2 aliphatic rings. The number of hydrogen-bond donors (Lipinski definition) is 1. The minimum Gasteiger partial charge on any atom is -0.376 e. The van der Waals surface area contributed by atoms with E-state index < -0.39 is 0 Å². The maximum Gasteiger partial charge on any atom is 0.147 e. The van der Waals surface area contributed by atoms with Crippen molar-refractivity contribution in [3.05, 3.63) is 47.8 Å². The summed E-state index contributed by atoms with van der Waals surface area (Å²) in [6.07, 6.45) is 4.97. The van der Waals surface area contributed by atoms with Gasteiger partial charge in [0.15, 0.2) is 0 Å². The highest BCUT2D eigenvalue weighted by Crippen LogP contribution is 2.44. The molecule has 1 N–H and O–H groups in total. The molecule has 0 aliphatic carbocycles. The van der Waals surface area contributed by atoms with Crippen LogP contribution in [0.5, 0.6) is 0 Å². The summed E-state index contributed by atoms with van der Waals surface area (Å²) in [5, 5.41) is 4.67. The number of hydrogen-bond acceptors (Lipinski definition) is 7. The molecule has 6 rings (SSSR count). The van der Waals surface area contributed by atoms with Crippen molar-refractivity contribution in [3.63, 3.8) is 0 Å². The second-order valence-electron chi connectivity index (χ2n) is 9.21. The van der Waals surface area contributed by atoms with Gasteiger partial charge in [0.2, 0.25) is 0 Å². The first-order valence-electron chi connectivity index (χ1n) is 11.2. The first kappa shape index (κ1) is 20.0. The Bertz CT molecular complexity index is 1300. The molecule has 7 heteroatoms. The smallest absolute Gasteiger partial charge is 0.147 e. The molecule has 1 atom stereocenters. The molecule has 164 valence electrons. The molecule has 0 bridgehead atoms. The largest absolute Gasteiger partial charge is 0.376 e. The van der Waals surface area contributed by atoms with E-state index in [2.05, 4.69) is 48.4 Å². The standard InChI is InChI=1S/C25H26N4O2S/c1-25(2)11-17-18(13-31-25)20(15-7-4-3-5-8-15)29-24-19(17)21-22(32-24)23(28-14-27-21)26-12-16-9-6-10-30-16/h3-5,7-8,14,16H,6,9-13H2,1-2H3,(H,26,27,28). The molecule has 5 heterocycles. The number of benzene rings is 1. The highest BCUT2D eigenvalue weighted by molar-refractivity contribution is 7.26. The Morgan fingerprint density at radius 1 is 1.16 bits per heavy atom. The van der Waals surface area contributed by atoms with Gasteiger partial charge in [0.05, 0.1) is 34.2 Å². The zero-order valence-electron chi connectivity index (χ0n) is 18.4. The van der Waals surface area contributed by atoms with Crippen molar-refractivity contribution in [2.75, 3.05) is 18.5 Å². The van der Waals surface area contributed by atoms with E-state index in [0.29, 0.717) is 6.61 Å². The third-order valence-corrected chi connectivity index (χ3v) is 7.48. The summed E-state index contributed by atoms with van der Waals surface area (Å²) in [6.45, 7) is 6.49. The van der Waals surface area contributed by atoms with Crippen molar-refractivity contribution >= 4 is 37.6 Å². The molecule has 0 amide bonds. The van der Waals surface area contributed by atoms with E-state index in [1.54, 1.807) is 17.7 Å². The summed E-state index contributed by atoms with van der Waals surface area (Å²) in [7, 11) is 0. The molecule has 1 unspecified atom stereocenters. The number of rotatable bonds is 4. The van der Waals surface area contributed by atoms with Gasteiger partial charge in [0.25, 0.3) is 0 Å². The van der Waals surface area contributed by atoms with Crippen LogP contribution in [0.2, 0.25) is 0 Å². The highest BCUT2D eigenvalue weighted by Gasteiger charge is 2.32. The van der Waals surface area contributed by atoms with Crippen molar-refractivity contribution in [2.45, 2.75) is 51.4 Å². The number of pyridine rings is 1. The fraction of sp³-hybridized carbons (Fsp3) is 0.400. The van der Waals surface area contributed by atoms with E-state index in [-0.39, 0.29) is 11.7 Å². The number of anilines is 1. The van der Waals surface area contributed by atoms with Crippen molar-refractivity contribution in [3.8, 4) is 11.3 Å². The monoisotopic (exact) mass is 446 g/mol. The fourth-order valence-electron chi connectivity index (χ4n) is 4.78. The number of nitrogens with zero attached hydrogens (tertiary/aromatic N) is 3. The van der Waals surface area contributed by atoms with E-state index in [4.69, 9.17) is 19.4 Å². The average molecular weight is 447 g/mol. The van der Waals surface area contributed by atoms with Crippen LogP contribution in [0.4, 0.5) is 5.82 Å². The predicted octanol–water partition coefficient (Wildman–Crippen LogP) is 5.35. The Morgan fingerprint density at radius 2 is 2.03 bits per heavy atom. The fourth-order valence-corrected chi connectivity index (χ4v) is 5.91. The zero-order chi connectivity index (χ0) is 21.7. The van der Waals surface area contributed by atoms with Gasteiger partial charge < -0.3 is 14.8 Å². The Kier molecular flexibility index (Phi) is 4.86. The van der Waals surface area contributed by atoms with Gasteiger partial charge in [-0.1, -0.05) is 30.3 Å². The molecule has 2 aliphatic heterocycles. The van der Waals surface area contributed by atoms with E-state index in [1.165, 1.54) is 11.1 Å². The second kappa shape index (κ2) is 7.76. The van der Waals surface area contributed by atoms with Crippen LogP contribution >= 0.6 is 11.3 Å². The Balaban J connectivity index is 1.54. The third kappa shape index (κ3) is 3.45. The molecule has 0 saturated carbocycles. The summed E-state index contributed by atoms with van der Waals surface area (Å²) in [5.74, 6) is 0.870. The van der Waals surface area contributed by atoms with Crippen LogP contribution in [0, 0.1) is 0 Å². The summed E-state index contributed by atoms with van der Waals surface area (Å²) < 4.78 is 13.1. The van der Waals surface area contributed by atoms with Crippen molar-refractivity contribution < 1.29 is 9.47 Å². The maximum atomic E-state index is 6.22. The molecule has 1 aromatic carbocycles. The Labute approximate surface area is 191 Å². The van der Waals surface area contributed by atoms with Crippen LogP contribution in [-0.4, -0.2) is 39.8 Å². The predicted molar refractivity (Wildman–Crippen MR) is 128 cm³/mol. The van der Waals surface area contributed by atoms with Gasteiger partial charge in [-0.15, -0.1) is 11.3 Å². The molecule has 4 aromatic rings. The van der Waals surface area contributed by atoms with Gasteiger partial charge >= 0.3 is 0 Å². The third-order valence-electron chi connectivity index (χ3n) is 6.40. The Hall–Kier alpha value is -2.61. The molecule has 0 spiro atoms. The number of nitrogens with one attached hydrogen (secondary N) is 1. The lowest BCUT2D eigenvalue weighted by molar-refractivity contribution is -0.0394. The van der Waals surface area contributed by atoms with E-state index in [9.17, 15) is 0 Å². The minimum absolute atomic E-state index is 0.225. The number of aromatic nitrogens is 3. The first-order chi connectivity index (χ1) is 15.6. The van der Waals surface area contributed by atoms with Crippen LogP contribution in [-0.2, 0) is 22.5 Å². The van der Waals surface area contributed by atoms with Crippen LogP contribution in [0.25, 0.3) is 31.7 Å². The highest BCUT2D eigenvalue weighted by atomic mass is 32.1. The van der Waals surface area contributed by atoms with E-state index in [0.717, 1.165) is 69.9 Å². The van der Waals surface area contributed by atoms with Crippen molar-refractivity contribution in [1.82, 2.24) is 15.0 Å². The SMILES string of the molecule is CC1(C)Cc2c(c(-c3ccccc3)nc3sc4c(NCC5CCCO5)ncnc4c23)CO1. The van der Waals surface area contributed by atoms with Gasteiger partial charge in [-0.25, -0.2) is 15.0 Å². The van der Waals surface area contributed by atoms with Gasteiger partial charge in [0.1, 0.15) is 17.0 Å². The average Bonchev–Trinajstić information content (AvgIpc) is 3.45. The molecule has 6 nitrogen and oxygen atoms in total. The number of thiophene rings is 1. The molecule has 3 aromatic heterocycles. The zero-order valence-corrected chi connectivity index (χ0v) is 19.2. The van der Waals surface area contributed by atoms with E-state index in [1.807, 2.05) is 6.07 Å². The van der Waals surface area contributed by atoms with Gasteiger partial charge in [-0.2, -0.15) is 0 Å². The molecule has 1 saturated heterocycles. The summed E-state index contributed by atoms with van der Waals surface area (Å²) in [6, 6.07) is 10.4. The maximum absolute atomic E-state index is 6.22. The topological polar surface area (TPSA) is 69.2 Å². The number of fused-ring (bicyclic) bond motifs is 5. The summed E-state index contributed by atoms with van der Waals surface area (Å²) in [5.41, 5.74) is 5.37. The minimum atomic E-state index is -0.225. The molecule has 32 heavy (non-hydrogen) atoms. The first-order valence-corrected chi connectivity index (χ1v) is 12.0. The molecule has 0 radical (unpaired) electrons. The summed E-state index contributed by atoms with van der Waals surface area (Å²) in [4.78, 5) is 15.4. The lowest BCUT2D eigenvalue weighted by atomic mass is 9.88. The van der Waals surface area contributed by atoms with Crippen LogP contribution < -0.4 is 5.32 Å². The summed E-state index contributed by atoms with van der Waals surface area (Å²) >= 11 is 1.67. The lowest BCUT2D eigenvalue weighted by Gasteiger charge is -2.33. The van der Waals surface area contributed by atoms with Gasteiger partial charge in [-0.3, -0.25) is 0 Å². The number of ether oxygens (including phenoxy) is 2. The Morgan fingerprint density at radius 3 is 2.84 bits per heavy atom. The van der Waals surface area contributed by atoms with Crippen LogP contribution in [0.15, 0.2) is 36.7 Å². The normalized spacial score (nSPS) is 20.0.